The first-order valence-corrected chi connectivity index (χ1v) is 9.39. The van der Waals surface area contributed by atoms with Crippen molar-refractivity contribution in [3.63, 3.8) is 0 Å². The zero-order valence-electron chi connectivity index (χ0n) is 10.7. The fourth-order valence-electron chi connectivity index (χ4n) is 2.45. The van der Waals surface area contributed by atoms with Crippen molar-refractivity contribution < 1.29 is 9.59 Å². The highest BCUT2D eigenvalue weighted by Crippen LogP contribution is 2.41. The van der Waals surface area contributed by atoms with Crippen molar-refractivity contribution in [3.05, 3.63) is 52.7 Å². The maximum absolute atomic E-state index is 12.4. The number of hydrogen-bond acceptors (Lipinski definition) is 4. The van der Waals surface area contributed by atoms with E-state index in [1.165, 1.54) is 22.7 Å². The molecule has 2 aliphatic rings. The average molecular weight is 458 g/mol. The number of carbonyl (C=O) groups is 2. The molecule has 2 aromatic rings. The lowest BCUT2D eigenvalue weighted by Crippen LogP contribution is -2.20. The van der Waals surface area contributed by atoms with Crippen molar-refractivity contribution in [2.24, 2.45) is 0 Å². The molecule has 0 saturated carbocycles. The third-order valence-electron chi connectivity index (χ3n) is 3.32. The van der Waals surface area contributed by atoms with Gasteiger partial charge in [0.1, 0.15) is 0 Å². The zero-order valence-corrected chi connectivity index (χ0v) is 15.5. The van der Waals surface area contributed by atoms with E-state index in [0.717, 1.165) is 17.3 Å². The Hall–Kier alpha value is -1.22. The van der Waals surface area contributed by atoms with Crippen LogP contribution in [0.25, 0.3) is 11.4 Å². The minimum absolute atomic E-state index is 0.243. The van der Waals surface area contributed by atoms with Crippen LogP contribution in [0.2, 0.25) is 0 Å². The normalized spacial score (nSPS) is 17.2. The maximum Gasteiger partial charge on any atom is 0.258 e. The summed E-state index contributed by atoms with van der Waals surface area (Å²) in [6, 6.07) is 7.55. The highest BCUT2D eigenvalue weighted by Gasteiger charge is 2.41. The van der Waals surface area contributed by atoms with Crippen molar-refractivity contribution in [2.45, 2.75) is 0 Å². The second kappa shape index (κ2) is 5.16. The Balaban J connectivity index is 1.91. The molecule has 22 heavy (non-hydrogen) atoms. The average Bonchev–Trinajstić information content (AvgIpc) is 3.19. The molecule has 0 fully saturated rings. The molecule has 4 rings (SSSR count). The van der Waals surface area contributed by atoms with E-state index in [9.17, 15) is 9.59 Å². The Morgan fingerprint density at radius 3 is 1.45 bits per heavy atom. The summed E-state index contributed by atoms with van der Waals surface area (Å²) >= 11 is 9.75. The van der Waals surface area contributed by atoms with Gasteiger partial charge in [-0.3, -0.25) is 9.59 Å². The smallest absolute Gasteiger partial charge is 0.258 e. The van der Waals surface area contributed by atoms with Crippen LogP contribution in [-0.2, 0) is 9.59 Å². The van der Waals surface area contributed by atoms with Gasteiger partial charge in [0.2, 0.25) is 0 Å². The lowest BCUT2D eigenvalue weighted by atomic mass is 10.1. The number of thiophene rings is 2. The molecule has 2 N–H and O–H groups in total. The Labute approximate surface area is 150 Å². The summed E-state index contributed by atoms with van der Waals surface area (Å²) < 4.78 is 1.89. The van der Waals surface area contributed by atoms with E-state index >= 15 is 0 Å². The summed E-state index contributed by atoms with van der Waals surface area (Å²) in [5.74, 6) is -0.486. The monoisotopic (exact) mass is 456 g/mol. The molecule has 0 aromatic carbocycles. The molecule has 0 radical (unpaired) electrons. The molecular weight excluding hydrogens is 452 g/mol. The summed E-state index contributed by atoms with van der Waals surface area (Å²) in [5, 5.41) is 5.65. The number of carbonyl (C=O) groups excluding carboxylic acids is 2. The summed E-state index contributed by atoms with van der Waals surface area (Å²) in [5.41, 5.74) is 2.02. The molecule has 4 nitrogen and oxygen atoms in total. The molecule has 0 saturated heterocycles. The van der Waals surface area contributed by atoms with E-state index in [2.05, 4.69) is 42.5 Å². The number of hydrogen-bond donors (Lipinski definition) is 2. The van der Waals surface area contributed by atoms with Gasteiger partial charge in [-0.2, -0.15) is 0 Å². The Morgan fingerprint density at radius 2 is 1.14 bits per heavy atom. The quantitative estimate of drug-likeness (QED) is 0.722. The van der Waals surface area contributed by atoms with Gasteiger partial charge < -0.3 is 10.6 Å². The lowest BCUT2D eigenvalue weighted by molar-refractivity contribution is -0.117. The maximum atomic E-state index is 12.4. The SMILES string of the molecule is O=C1NC(c2ccc(Br)s2)=C2C(=O)NC(c3ccc(Br)s3)=C12. The van der Waals surface area contributed by atoms with Crippen molar-refractivity contribution in [1.82, 2.24) is 10.6 Å². The van der Waals surface area contributed by atoms with Crippen LogP contribution in [0, 0.1) is 0 Å². The van der Waals surface area contributed by atoms with Crippen LogP contribution in [0.5, 0.6) is 0 Å². The van der Waals surface area contributed by atoms with Crippen LogP contribution in [0.15, 0.2) is 43.0 Å². The third kappa shape index (κ3) is 2.13. The second-order valence-electron chi connectivity index (χ2n) is 4.62. The molecule has 0 spiro atoms. The minimum atomic E-state index is -0.243. The molecule has 2 aromatic heterocycles. The van der Waals surface area contributed by atoms with Gasteiger partial charge in [0.05, 0.1) is 39.9 Å². The van der Waals surface area contributed by atoms with Crippen LogP contribution >= 0.6 is 54.5 Å². The zero-order chi connectivity index (χ0) is 15.4. The molecule has 4 heterocycles. The summed E-state index contributed by atoms with van der Waals surface area (Å²) in [7, 11) is 0. The molecule has 0 aliphatic carbocycles. The predicted octanol–water partition coefficient (Wildman–Crippen LogP) is 3.72. The fourth-order valence-corrected chi connectivity index (χ4v) is 5.23. The van der Waals surface area contributed by atoms with Crippen molar-refractivity contribution in [3.8, 4) is 0 Å². The van der Waals surface area contributed by atoms with Gasteiger partial charge in [0.25, 0.3) is 11.8 Å². The van der Waals surface area contributed by atoms with Gasteiger partial charge in [-0.25, -0.2) is 0 Å². The van der Waals surface area contributed by atoms with Crippen LogP contribution in [0.3, 0.4) is 0 Å². The molecule has 2 amide bonds. The molecule has 2 aliphatic heterocycles. The molecule has 0 bridgehead atoms. The van der Waals surface area contributed by atoms with Crippen LogP contribution in [0.1, 0.15) is 9.75 Å². The van der Waals surface area contributed by atoms with E-state index in [-0.39, 0.29) is 11.8 Å². The first-order valence-electron chi connectivity index (χ1n) is 6.17. The standard InChI is InChI=1S/C14H6Br2N2O2S2/c15-7-3-1-5(21-7)11-9-10(14(20)17-11)12(18-13(9)19)6-2-4-8(16)22-6/h1-4H,(H,17,20)(H,18,19). The lowest BCUT2D eigenvalue weighted by Gasteiger charge is -2.03. The van der Waals surface area contributed by atoms with E-state index in [4.69, 9.17) is 0 Å². The minimum Gasteiger partial charge on any atom is -0.320 e. The summed E-state index contributed by atoms with van der Waals surface area (Å²) in [6.07, 6.45) is 0. The van der Waals surface area contributed by atoms with E-state index < -0.39 is 0 Å². The highest BCUT2D eigenvalue weighted by molar-refractivity contribution is 9.11. The van der Waals surface area contributed by atoms with E-state index in [0.29, 0.717) is 22.5 Å². The number of amides is 2. The summed E-state index contributed by atoms with van der Waals surface area (Å²) in [4.78, 5) is 26.4. The van der Waals surface area contributed by atoms with Gasteiger partial charge >= 0.3 is 0 Å². The van der Waals surface area contributed by atoms with Gasteiger partial charge in [0, 0.05) is 0 Å². The van der Waals surface area contributed by atoms with Crippen LogP contribution < -0.4 is 10.6 Å². The Morgan fingerprint density at radius 1 is 0.727 bits per heavy atom. The van der Waals surface area contributed by atoms with Gasteiger partial charge in [-0.05, 0) is 56.1 Å². The number of rotatable bonds is 2. The topological polar surface area (TPSA) is 58.2 Å². The van der Waals surface area contributed by atoms with Gasteiger partial charge in [-0.1, -0.05) is 0 Å². The number of halogens is 2. The molecule has 0 atom stereocenters. The van der Waals surface area contributed by atoms with Crippen molar-refractivity contribution in [2.75, 3.05) is 0 Å². The van der Waals surface area contributed by atoms with E-state index in [1.54, 1.807) is 0 Å². The van der Waals surface area contributed by atoms with Gasteiger partial charge in [0.15, 0.2) is 0 Å². The summed E-state index contributed by atoms with van der Waals surface area (Å²) in [6.45, 7) is 0. The molecule has 110 valence electrons. The van der Waals surface area contributed by atoms with Crippen molar-refractivity contribution >= 4 is 77.7 Å². The predicted molar refractivity (Wildman–Crippen MR) is 94.2 cm³/mol. The molecular formula is C14H6Br2N2O2S2. The van der Waals surface area contributed by atoms with Crippen LogP contribution in [-0.4, -0.2) is 11.8 Å². The van der Waals surface area contributed by atoms with Gasteiger partial charge in [-0.15, -0.1) is 22.7 Å². The fraction of sp³-hybridized carbons (Fsp3) is 0. The molecule has 8 heteroatoms. The first kappa shape index (κ1) is 14.4. The third-order valence-corrected chi connectivity index (χ3v) is 6.60. The highest BCUT2D eigenvalue weighted by atomic mass is 79.9. The van der Waals surface area contributed by atoms with Crippen molar-refractivity contribution in [1.29, 1.82) is 0 Å². The second-order valence-corrected chi connectivity index (χ2v) is 9.54. The van der Waals surface area contributed by atoms with E-state index in [1.807, 2.05) is 24.3 Å². The Bertz CT molecular complexity index is 833. The molecule has 0 unspecified atom stereocenters. The Kier molecular flexibility index (Phi) is 3.37. The number of nitrogens with one attached hydrogen (secondary N) is 2. The number of fused-ring (bicyclic) bond motifs is 1. The van der Waals surface area contributed by atoms with Crippen LogP contribution in [0.4, 0.5) is 0 Å². The first-order chi connectivity index (χ1) is 10.5. The largest absolute Gasteiger partial charge is 0.320 e.